The van der Waals surface area contributed by atoms with E-state index in [1.165, 1.54) is 61.8 Å². The van der Waals surface area contributed by atoms with Crippen LogP contribution in [0.3, 0.4) is 0 Å². The number of rotatable bonds is 9. The van der Waals surface area contributed by atoms with Crippen LogP contribution in [-0.4, -0.2) is 66.7 Å². The van der Waals surface area contributed by atoms with Crippen molar-refractivity contribution in [3.63, 3.8) is 0 Å². The highest BCUT2D eigenvalue weighted by Gasteiger charge is 2.43. The second-order valence-electron chi connectivity index (χ2n) is 18.1. The first-order chi connectivity index (χ1) is 25.5. The van der Waals surface area contributed by atoms with Gasteiger partial charge in [-0.15, -0.1) is 0 Å². The van der Waals surface area contributed by atoms with Gasteiger partial charge >= 0.3 is 0 Å². The van der Waals surface area contributed by atoms with E-state index in [1.54, 1.807) is 11.1 Å². The lowest BCUT2D eigenvalue weighted by atomic mass is 9.75. The van der Waals surface area contributed by atoms with Gasteiger partial charge < -0.3 is 31.2 Å². The molecule has 2 amide bonds. The average Bonchev–Trinajstić information content (AvgIpc) is 4.01. The summed E-state index contributed by atoms with van der Waals surface area (Å²) < 4.78 is 0. The normalized spacial score (nSPS) is 26.6. The predicted octanol–water partition coefficient (Wildman–Crippen LogP) is 7.19. The molecule has 0 radical (unpaired) electrons. The van der Waals surface area contributed by atoms with Crippen molar-refractivity contribution in [3.8, 4) is 11.3 Å². The number of H-pyrrole nitrogens is 2. The van der Waals surface area contributed by atoms with Crippen molar-refractivity contribution in [3.05, 3.63) is 58.6 Å². The van der Waals surface area contributed by atoms with Crippen molar-refractivity contribution in [1.82, 2.24) is 29.7 Å². The maximum Gasteiger partial charge on any atom is 0.240 e. The van der Waals surface area contributed by atoms with Gasteiger partial charge in [-0.1, -0.05) is 52.7 Å². The summed E-state index contributed by atoms with van der Waals surface area (Å²) in [5.41, 5.74) is 21.3. The third-order valence-electron chi connectivity index (χ3n) is 14.1. The summed E-state index contributed by atoms with van der Waals surface area (Å²) in [6.45, 7) is 9.55. The zero-order valence-corrected chi connectivity index (χ0v) is 32.5. The molecular formula is C43H62N8O2. The number of amides is 2. The highest BCUT2D eigenvalue weighted by atomic mass is 16.2. The molecule has 2 saturated carbocycles. The molecule has 2 saturated heterocycles. The van der Waals surface area contributed by atoms with E-state index < -0.39 is 12.1 Å². The summed E-state index contributed by atoms with van der Waals surface area (Å²) in [4.78, 5) is 47.6. The Morgan fingerprint density at radius 3 is 1.87 bits per heavy atom. The molecule has 8 rings (SSSR count). The molecule has 3 aliphatic carbocycles. The molecule has 53 heavy (non-hydrogen) atoms. The predicted molar refractivity (Wildman–Crippen MR) is 208 cm³/mol. The first kappa shape index (κ1) is 36.5. The zero-order chi connectivity index (χ0) is 37.0. The highest BCUT2D eigenvalue weighted by molar-refractivity contribution is 5.83. The molecule has 4 unspecified atom stereocenters. The van der Waals surface area contributed by atoms with Crippen LogP contribution >= 0.6 is 0 Å². The number of carbonyl (C=O) groups is 2. The third kappa shape index (κ3) is 6.77. The molecule has 10 nitrogen and oxygen atoms in total. The Balaban J connectivity index is 0.990. The second kappa shape index (κ2) is 14.6. The van der Waals surface area contributed by atoms with E-state index in [1.807, 2.05) is 49.9 Å². The summed E-state index contributed by atoms with van der Waals surface area (Å²) >= 11 is 0. The number of imidazole rings is 2. The van der Waals surface area contributed by atoms with E-state index in [-0.39, 0.29) is 35.7 Å². The molecule has 6 N–H and O–H groups in total. The molecule has 2 aliphatic heterocycles. The fourth-order valence-electron chi connectivity index (χ4n) is 10.7. The molecule has 1 spiro atoms. The number of hydrogen-bond donors (Lipinski definition) is 4. The summed E-state index contributed by atoms with van der Waals surface area (Å²) in [6, 6.07) is 3.82. The number of nitrogens with zero attached hydrogens (tertiary/aromatic N) is 4. The number of aromatic amines is 2. The van der Waals surface area contributed by atoms with Gasteiger partial charge in [0.25, 0.3) is 0 Å². The van der Waals surface area contributed by atoms with Crippen molar-refractivity contribution in [1.29, 1.82) is 0 Å². The van der Waals surface area contributed by atoms with Crippen molar-refractivity contribution in [2.45, 2.75) is 154 Å². The number of nitrogens with one attached hydrogen (secondary N) is 2. The number of aromatic nitrogens is 4. The zero-order valence-electron chi connectivity index (χ0n) is 32.5. The van der Waals surface area contributed by atoms with Gasteiger partial charge in [0.2, 0.25) is 11.8 Å². The largest absolute Gasteiger partial charge is 0.344 e. The third-order valence-corrected chi connectivity index (χ3v) is 14.1. The lowest BCUT2D eigenvalue weighted by Gasteiger charge is -2.30. The monoisotopic (exact) mass is 722 g/mol. The number of benzene rings is 1. The van der Waals surface area contributed by atoms with Gasteiger partial charge in [0.15, 0.2) is 0 Å². The topological polar surface area (TPSA) is 150 Å². The standard InChI is InChI=1S/C43H62N8O2/c1-25(2)37(44)41(52)50-19-7-9-35(50)39-46-23-33(48-39)28-13-11-27(12-14-28)29-15-16-30(32-22-43(21-31(29)32)17-5-6-18-43)34-24-47-40(49-34)36-10-8-20-51(36)42(53)38(45)26(3)4/h15-16,23-28,35-38H,5-14,17-22,44-45H2,1-4H3,(H,46,48)(H,47,49). The minimum absolute atomic E-state index is 0.00452. The molecule has 0 bridgehead atoms. The average molecular weight is 723 g/mol. The van der Waals surface area contributed by atoms with E-state index in [0.29, 0.717) is 17.3 Å². The van der Waals surface area contributed by atoms with Crippen LogP contribution in [0.1, 0.15) is 163 Å². The Hall–Kier alpha value is -3.50. The molecule has 3 aromatic rings. The van der Waals surface area contributed by atoms with Gasteiger partial charge in [-0.05, 0) is 117 Å². The Labute approximate surface area is 315 Å². The van der Waals surface area contributed by atoms with E-state index in [0.717, 1.165) is 75.4 Å². The van der Waals surface area contributed by atoms with Gasteiger partial charge in [-0.3, -0.25) is 9.59 Å². The Kier molecular flexibility index (Phi) is 10.1. The van der Waals surface area contributed by atoms with E-state index in [9.17, 15) is 9.59 Å². The summed E-state index contributed by atoms with van der Waals surface area (Å²) in [5.74, 6) is 3.15. The molecule has 4 atom stereocenters. The SMILES string of the molecule is CC(C)C(N)C(=O)N1CCCC1c1ncc(-c2ccc(C3CCC(c4cnc(C5CCCN5C(=O)C(N)C(C)C)[nH]4)CC3)c3c2CC2(CCCC2)C3)[nH]1. The molecule has 4 fully saturated rings. The van der Waals surface area contributed by atoms with Gasteiger partial charge in [0.05, 0.1) is 36.1 Å². The number of nitrogens with two attached hydrogens (primary N) is 2. The fraction of sp³-hybridized carbons (Fsp3) is 0.674. The van der Waals surface area contributed by atoms with Crippen LogP contribution in [0.15, 0.2) is 24.5 Å². The molecule has 4 heterocycles. The Morgan fingerprint density at radius 2 is 1.26 bits per heavy atom. The van der Waals surface area contributed by atoms with Crippen LogP contribution in [0.2, 0.25) is 0 Å². The first-order valence-electron chi connectivity index (χ1n) is 20.9. The second-order valence-corrected chi connectivity index (χ2v) is 18.1. The van der Waals surface area contributed by atoms with Crippen molar-refractivity contribution in [2.75, 3.05) is 13.1 Å². The maximum absolute atomic E-state index is 13.3. The smallest absolute Gasteiger partial charge is 0.240 e. The lowest BCUT2D eigenvalue weighted by molar-refractivity contribution is -0.135. The Bertz CT molecular complexity index is 1790. The Morgan fingerprint density at radius 1 is 0.717 bits per heavy atom. The van der Waals surface area contributed by atoms with Gasteiger partial charge in [0, 0.05) is 36.5 Å². The van der Waals surface area contributed by atoms with Crippen molar-refractivity contribution in [2.24, 2.45) is 28.7 Å². The van der Waals surface area contributed by atoms with E-state index in [4.69, 9.17) is 21.4 Å². The van der Waals surface area contributed by atoms with Crippen LogP contribution in [0.5, 0.6) is 0 Å². The van der Waals surface area contributed by atoms with Crippen LogP contribution in [0.4, 0.5) is 0 Å². The molecule has 1 aromatic carbocycles. The van der Waals surface area contributed by atoms with Gasteiger partial charge in [-0.2, -0.15) is 0 Å². The first-order valence-corrected chi connectivity index (χ1v) is 20.9. The van der Waals surface area contributed by atoms with Crippen molar-refractivity contribution >= 4 is 11.8 Å². The fourth-order valence-corrected chi connectivity index (χ4v) is 10.7. The maximum atomic E-state index is 13.3. The minimum Gasteiger partial charge on any atom is -0.344 e. The van der Waals surface area contributed by atoms with Crippen LogP contribution in [0.25, 0.3) is 11.3 Å². The summed E-state index contributed by atoms with van der Waals surface area (Å²) in [5, 5.41) is 0. The number of hydrogen-bond acceptors (Lipinski definition) is 6. The van der Waals surface area contributed by atoms with Crippen LogP contribution < -0.4 is 11.5 Å². The van der Waals surface area contributed by atoms with Crippen LogP contribution in [0, 0.1) is 17.3 Å². The number of carbonyl (C=O) groups excluding carboxylic acids is 2. The molecule has 2 aromatic heterocycles. The van der Waals surface area contributed by atoms with Crippen molar-refractivity contribution < 1.29 is 9.59 Å². The lowest BCUT2D eigenvalue weighted by Crippen LogP contribution is -2.46. The molecular weight excluding hydrogens is 661 g/mol. The number of fused-ring (bicyclic) bond motifs is 1. The molecule has 10 heteroatoms. The van der Waals surface area contributed by atoms with Crippen LogP contribution in [-0.2, 0) is 22.4 Å². The van der Waals surface area contributed by atoms with E-state index in [2.05, 4.69) is 22.1 Å². The molecule has 286 valence electrons. The quantitative estimate of drug-likeness (QED) is 0.184. The highest BCUT2D eigenvalue weighted by Crippen LogP contribution is 2.54. The summed E-state index contributed by atoms with van der Waals surface area (Å²) in [7, 11) is 0. The number of likely N-dealkylation sites (tertiary alicyclic amines) is 2. The van der Waals surface area contributed by atoms with E-state index >= 15 is 0 Å². The molecule has 5 aliphatic rings. The summed E-state index contributed by atoms with van der Waals surface area (Å²) in [6.07, 6.45) is 20.2. The van der Waals surface area contributed by atoms with Gasteiger partial charge in [0.1, 0.15) is 11.6 Å². The van der Waals surface area contributed by atoms with Gasteiger partial charge in [-0.25, -0.2) is 9.97 Å². The minimum atomic E-state index is -0.482.